The van der Waals surface area contributed by atoms with Gasteiger partial charge in [0, 0.05) is 13.0 Å². The van der Waals surface area contributed by atoms with Gasteiger partial charge in [0.2, 0.25) is 23.6 Å². The van der Waals surface area contributed by atoms with Gasteiger partial charge in [-0.15, -0.1) is 0 Å². The molecule has 4 amide bonds. The highest BCUT2D eigenvalue weighted by Crippen LogP contribution is 2.28. The first-order valence-electron chi connectivity index (χ1n) is 13.8. The molecule has 4 atom stereocenters. The van der Waals surface area contributed by atoms with Crippen LogP contribution in [0.2, 0.25) is 0 Å². The van der Waals surface area contributed by atoms with Gasteiger partial charge in [0.25, 0.3) is 0 Å². The molecule has 15 heteroatoms. The summed E-state index contributed by atoms with van der Waals surface area (Å²) in [5.74, 6) is -1.89. The SMILES string of the molecule is COc1ccc(CC(NC(=O)[C@@H](CCCN=C(N)N)NC(=O)C(N)Cc2ccc(O)cc2)C(=O)NC(C)C(N)=O)cc1OC. The lowest BCUT2D eigenvalue weighted by Crippen LogP contribution is -2.57. The third-order valence-corrected chi connectivity index (χ3v) is 6.61. The second-order valence-electron chi connectivity index (χ2n) is 10.1. The third-order valence-electron chi connectivity index (χ3n) is 6.61. The van der Waals surface area contributed by atoms with Crippen molar-refractivity contribution in [2.75, 3.05) is 20.8 Å². The number of methoxy groups -OCH3 is 2. The first-order valence-corrected chi connectivity index (χ1v) is 13.8. The lowest BCUT2D eigenvalue weighted by Gasteiger charge is -2.25. The van der Waals surface area contributed by atoms with E-state index in [1.54, 1.807) is 30.3 Å². The number of hydrogen-bond donors (Lipinski definition) is 8. The molecule has 15 nitrogen and oxygen atoms in total. The van der Waals surface area contributed by atoms with Gasteiger partial charge in [0.15, 0.2) is 17.5 Å². The van der Waals surface area contributed by atoms with Gasteiger partial charge in [0.1, 0.15) is 23.9 Å². The molecule has 0 bridgehead atoms. The molecule has 0 spiro atoms. The number of aliphatic imine (C=N–C) groups is 1. The lowest BCUT2D eigenvalue weighted by molar-refractivity contribution is -0.133. The highest BCUT2D eigenvalue weighted by Gasteiger charge is 2.29. The number of ether oxygens (including phenoxy) is 2. The molecule has 12 N–H and O–H groups in total. The second-order valence-corrected chi connectivity index (χ2v) is 10.1. The van der Waals surface area contributed by atoms with Crippen molar-refractivity contribution in [3.05, 3.63) is 53.6 Å². The minimum Gasteiger partial charge on any atom is -0.508 e. The zero-order valence-electron chi connectivity index (χ0n) is 25.0. The van der Waals surface area contributed by atoms with E-state index < -0.39 is 47.8 Å². The van der Waals surface area contributed by atoms with Crippen LogP contribution in [0.1, 0.15) is 30.9 Å². The van der Waals surface area contributed by atoms with Crippen LogP contribution in [-0.4, -0.2) is 79.6 Å². The number of carbonyl (C=O) groups excluding carboxylic acids is 4. The monoisotopic (exact) mass is 614 g/mol. The normalized spacial score (nSPS) is 13.4. The van der Waals surface area contributed by atoms with Crippen LogP contribution in [0.3, 0.4) is 0 Å². The van der Waals surface area contributed by atoms with Gasteiger partial charge in [-0.1, -0.05) is 18.2 Å². The maximum Gasteiger partial charge on any atom is 0.243 e. The number of aromatic hydroxyl groups is 1. The summed E-state index contributed by atoms with van der Waals surface area (Å²) in [6.45, 7) is 1.60. The molecule has 0 fully saturated rings. The summed E-state index contributed by atoms with van der Waals surface area (Å²) in [4.78, 5) is 55.4. The second kappa shape index (κ2) is 17.2. The first kappa shape index (κ1) is 35.1. The standard InChI is InChI=1S/C29H42N8O7/c1-16(25(31)39)35-28(42)22(14-18-8-11-23(43-2)24(15-18)44-3)37-27(41)21(5-4-12-34-29(32)33)36-26(40)20(30)13-17-6-9-19(38)10-7-17/h6-11,15-16,20-22,38H,4-5,12-14,30H2,1-3H3,(H2,31,39)(H,35,42)(H,36,40)(H,37,41)(H4,32,33,34)/t16?,20?,21-,22?/m1/s1. The summed E-state index contributed by atoms with van der Waals surface area (Å²) < 4.78 is 10.6. The number of amides is 4. The molecule has 2 rings (SSSR count). The van der Waals surface area contributed by atoms with Gasteiger partial charge >= 0.3 is 0 Å². The van der Waals surface area contributed by atoms with Crippen molar-refractivity contribution in [2.45, 2.75) is 56.8 Å². The fraction of sp³-hybridized carbons (Fsp3) is 0.414. The smallest absolute Gasteiger partial charge is 0.243 e. The van der Waals surface area contributed by atoms with E-state index >= 15 is 0 Å². The highest BCUT2D eigenvalue weighted by molar-refractivity contribution is 5.94. The molecule has 0 saturated heterocycles. The zero-order valence-corrected chi connectivity index (χ0v) is 25.0. The van der Waals surface area contributed by atoms with E-state index in [1.165, 1.54) is 33.3 Å². The van der Waals surface area contributed by atoms with Gasteiger partial charge in [-0.2, -0.15) is 0 Å². The number of rotatable bonds is 17. The van der Waals surface area contributed by atoms with Gasteiger partial charge in [-0.3, -0.25) is 24.2 Å². The molecule has 0 radical (unpaired) electrons. The summed E-state index contributed by atoms with van der Waals surface area (Å²) in [5.41, 5.74) is 23.6. The van der Waals surface area contributed by atoms with Crippen molar-refractivity contribution in [1.29, 1.82) is 0 Å². The number of nitrogens with one attached hydrogen (secondary N) is 3. The fourth-order valence-electron chi connectivity index (χ4n) is 4.14. The summed E-state index contributed by atoms with van der Waals surface area (Å²) in [5, 5.41) is 17.3. The molecule has 0 aliphatic rings. The van der Waals surface area contributed by atoms with Crippen LogP contribution >= 0.6 is 0 Å². The lowest BCUT2D eigenvalue weighted by atomic mass is 10.0. The molecular formula is C29H42N8O7. The topological polar surface area (TPSA) is 260 Å². The molecular weight excluding hydrogens is 572 g/mol. The van der Waals surface area contributed by atoms with Crippen molar-refractivity contribution in [3.8, 4) is 17.2 Å². The van der Waals surface area contributed by atoms with E-state index in [-0.39, 0.29) is 37.5 Å². The predicted molar refractivity (Wildman–Crippen MR) is 164 cm³/mol. The van der Waals surface area contributed by atoms with E-state index in [4.69, 9.17) is 32.4 Å². The minimum atomic E-state index is -1.18. The van der Waals surface area contributed by atoms with Crippen molar-refractivity contribution >= 4 is 29.6 Å². The van der Waals surface area contributed by atoms with Crippen molar-refractivity contribution in [2.24, 2.45) is 27.9 Å². The van der Waals surface area contributed by atoms with Crippen LogP contribution < -0.4 is 48.4 Å². The largest absolute Gasteiger partial charge is 0.508 e. The number of phenolic OH excluding ortho intramolecular Hbond substituents is 1. The van der Waals surface area contributed by atoms with Gasteiger partial charge in [-0.05, 0) is 61.6 Å². The molecule has 2 aromatic carbocycles. The molecule has 0 saturated carbocycles. The number of nitrogens with two attached hydrogens (primary N) is 4. The Kier molecular flexibility index (Phi) is 13.7. The maximum absolute atomic E-state index is 13.6. The average molecular weight is 615 g/mol. The van der Waals surface area contributed by atoms with E-state index in [0.29, 0.717) is 29.0 Å². The maximum atomic E-state index is 13.6. The molecule has 2 aromatic rings. The Morgan fingerprint density at radius 3 is 2.00 bits per heavy atom. The van der Waals surface area contributed by atoms with E-state index in [9.17, 15) is 24.3 Å². The first-order chi connectivity index (χ1) is 20.8. The molecule has 0 aromatic heterocycles. The number of hydrogen-bond acceptors (Lipinski definition) is 9. The summed E-state index contributed by atoms with van der Waals surface area (Å²) in [6.07, 6.45) is 0.569. The molecule has 240 valence electrons. The third kappa shape index (κ3) is 11.3. The Morgan fingerprint density at radius 2 is 1.41 bits per heavy atom. The predicted octanol–water partition coefficient (Wildman–Crippen LogP) is -1.46. The van der Waals surface area contributed by atoms with Crippen LogP contribution in [0.4, 0.5) is 0 Å². The minimum absolute atomic E-state index is 0.00154. The van der Waals surface area contributed by atoms with Gasteiger partial charge in [-0.25, -0.2) is 0 Å². The van der Waals surface area contributed by atoms with Crippen LogP contribution in [0.5, 0.6) is 17.2 Å². The molecule has 3 unspecified atom stereocenters. The summed E-state index contributed by atoms with van der Waals surface area (Å²) in [6, 6.07) is 6.89. The van der Waals surface area contributed by atoms with Crippen LogP contribution in [-0.2, 0) is 32.0 Å². The molecule has 0 aliphatic heterocycles. The van der Waals surface area contributed by atoms with E-state index in [1.807, 2.05) is 0 Å². The Labute approximate surface area is 255 Å². The van der Waals surface area contributed by atoms with Gasteiger partial charge in [0.05, 0.1) is 20.3 Å². The van der Waals surface area contributed by atoms with Crippen LogP contribution in [0.15, 0.2) is 47.5 Å². The number of carbonyl (C=O) groups is 4. The number of guanidine groups is 1. The summed E-state index contributed by atoms with van der Waals surface area (Å²) >= 11 is 0. The number of phenols is 1. The highest BCUT2D eigenvalue weighted by atomic mass is 16.5. The zero-order chi connectivity index (χ0) is 32.8. The number of benzene rings is 2. The van der Waals surface area contributed by atoms with Crippen LogP contribution in [0, 0.1) is 0 Å². The Bertz CT molecular complexity index is 1320. The average Bonchev–Trinajstić information content (AvgIpc) is 2.98. The summed E-state index contributed by atoms with van der Waals surface area (Å²) in [7, 11) is 2.95. The van der Waals surface area contributed by atoms with E-state index in [0.717, 1.165) is 0 Å². The van der Waals surface area contributed by atoms with Crippen molar-refractivity contribution in [3.63, 3.8) is 0 Å². The Balaban J connectivity index is 2.29. The van der Waals surface area contributed by atoms with Crippen molar-refractivity contribution < 1.29 is 33.8 Å². The Morgan fingerprint density at radius 1 is 0.818 bits per heavy atom. The Hall–Kier alpha value is -5.05. The fourth-order valence-corrected chi connectivity index (χ4v) is 4.14. The molecule has 0 aliphatic carbocycles. The number of nitrogens with zero attached hydrogens (tertiary/aromatic N) is 1. The van der Waals surface area contributed by atoms with E-state index in [2.05, 4.69) is 20.9 Å². The number of primary amides is 1. The molecule has 44 heavy (non-hydrogen) atoms. The van der Waals surface area contributed by atoms with Crippen molar-refractivity contribution in [1.82, 2.24) is 16.0 Å². The van der Waals surface area contributed by atoms with Gasteiger partial charge < -0.3 is 53.5 Å². The quantitative estimate of drug-likeness (QED) is 0.0583. The molecule has 0 heterocycles. The van der Waals surface area contributed by atoms with Crippen LogP contribution in [0.25, 0.3) is 0 Å².